The summed E-state index contributed by atoms with van der Waals surface area (Å²) in [6.07, 6.45) is 4.14. The molecule has 0 saturated carbocycles. The van der Waals surface area contributed by atoms with Gasteiger partial charge in [-0.2, -0.15) is 0 Å². The highest BCUT2D eigenvalue weighted by Crippen LogP contribution is 2.37. The number of anilines is 1. The zero-order chi connectivity index (χ0) is 25.3. The number of hydrogen-bond donors (Lipinski definition) is 0. The van der Waals surface area contributed by atoms with E-state index >= 15 is 0 Å². The Hall–Kier alpha value is -2.68. The van der Waals surface area contributed by atoms with E-state index in [-0.39, 0.29) is 5.91 Å². The first kappa shape index (κ1) is 26.4. The molecule has 7 nitrogen and oxygen atoms in total. The predicted octanol–water partition coefficient (Wildman–Crippen LogP) is 5.55. The maximum absolute atomic E-state index is 13.8. The Kier molecular flexibility index (Phi) is 9.55. The van der Waals surface area contributed by atoms with Gasteiger partial charge in [0.1, 0.15) is 17.0 Å². The molecule has 2 heterocycles. The van der Waals surface area contributed by atoms with E-state index in [9.17, 15) is 4.79 Å². The summed E-state index contributed by atoms with van der Waals surface area (Å²) in [7, 11) is 1.65. The van der Waals surface area contributed by atoms with E-state index in [1.807, 2.05) is 41.3 Å². The number of morpholine rings is 1. The van der Waals surface area contributed by atoms with Crippen molar-refractivity contribution in [1.29, 1.82) is 0 Å². The molecular formula is C28H37N3O4S. The SMILES string of the molecule is CCCCCOc1cccc(C(=O)N(CCCN2CCOCC2)c2nc3c(OC)ccc(C)c3s2)c1. The Morgan fingerprint density at radius 1 is 1.17 bits per heavy atom. The van der Waals surface area contributed by atoms with Gasteiger partial charge < -0.3 is 14.2 Å². The molecule has 194 valence electrons. The minimum Gasteiger partial charge on any atom is -0.494 e. The minimum atomic E-state index is -0.0633. The molecule has 4 rings (SSSR count). The summed E-state index contributed by atoms with van der Waals surface area (Å²) in [6, 6.07) is 11.5. The van der Waals surface area contributed by atoms with Crippen molar-refractivity contribution in [3.63, 3.8) is 0 Å². The van der Waals surface area contributed by atoms with Gasteiger partial charge in [-0.05, 0) is 49.6 Å². The fourth-order valence-electron chi connectivity index (χ4n) is 4.36. The van der Waals surface area contributed by atoms with Crippen LogP contribution in [0.3, 0.4) is 0 Å². The van der Waals surface area contributed by atoms with Crippen LogP contribution in [0, 0.1) is 6.92 Å². The molecule has 0 N–H and O–H groups in total. The summed E-state index contributed by atoms with van der Waals surface area (Å²) in [5.74, 6) is 1.39. The first-order valence-corrected chi connectivity index (χ1v) is 13.7. The van der Waals surface area contributed by atoms with Crippen LogP contribution < -0.4 is 14.4 Å². The molecule has 0 bridgehead atoms. The number of thiazole rings is 1. The van der Waals surface area contributed by atoms with Gasteiger partial charge in [-0.3, -0.25) is 14.6 Å². The number of methoxy groups -OCH3 is 1. The van der Waals surface area contributed by atoms with Gasteiger partial charge >= 0.3 is 0 Å². The fraction of sp³-hybridized carbons (Fsp3) is 0.500. The number of nitrogens with zero attached hydrogens (tertiary/aromatic N) is 3. The van der Waals surface area contributed by atoms with Gasteiger partial charge in [0.15, 0.2) is 5.13 Å². The van der Waals surface area contributed by atoms with Crippen molar-refractivity contribution in [2.75, 3.05) is 58.0 Å². The van der Waals surface area contributed by atoms with Gasteiger partial charge in [-0.25, -0.2) is 4.98 Å². The average Bonchev–Trinajstić information content (AvgIpc) is 3.36. The van der Waals surface area contributed by atoms with Crippen LogP contribution in [0.25, 0.3) is 10.2 Å². The number of rotatable bonds is 12. The third kappa shape index (κ3) is 6.55. The van der Waals surface area contributed by atoms with Crippen LogP contribution in [0.2, 0.25) is 0 Å². The lowest BCUT2D eigenvalue weighted by Gasteiger charge is -2.27. The van der Waals surface area contributed by atoms with Crippen molar-refractivity contribution in [3.8, 4) is 11.5 Å². The lowest BCUT2D eigenvalue weighted by molar-refractivity contribution is 0.0376. The smallest absolute Gasteiger partial charge is 0.260 e. The first-order valence-electron chi connectivity index (χ1n) is 12.9. The van der Waals surface area contributed by atoms with Gasteiger partial charge in [-0.15, -0.1) is 0 Å². The van der Waals surface area contributed by atoms with Crippen molar-refractivity contribution < 1.29 is 19.0 Å². The number of fused-ring (bicyclic) bond motifs is 1. The second kappa shape index (κ2) is 13.0. The molecule has 0 radical (unpaired) electrons. The van der Waals surface area contributed by atoms with E-state index in [1.54, 1.807) is 18.4 Å². The number of benzene rings is 2. The van der Waals surface area contributed by atoms with Crippen LogP contribution in [-0.4, -0.2) is 68.9 Å². The standard InChI is InChI=1S/C28H37N3O4S/c1-4-5-6-17-35-23-10-7-9-22(20-23)27(32)31(14-8-13-30-15-18-34-19-16-30)28-29-25-24(33-3)12-11-21(2)26(25)36-28/h7,9-12,20H,4-6,8,13-19H2,1-3H3. The normalized spacial score (nSPS) is 14.2. The van der Waals surface area contributed by atoms with Crippen molar-refractivity contribution in [2.45, 2.75) is 39.5 Å². The number of unbranched alkanes of at least 4 members (excludes halogenated alkanes) is 2. The summed E-state index contributed by atoms with van der Waals surface area (Å²) in [5.41, 5.74) is 2.53. The van der Waals surface area contributed by atoms with Crippen LogP contribution in [0.1, 0.15) is 48.5 Å². The number of carbonyl (C=O) groups excluding carboxylic acids is 1. The predicted molar refractivity (Wildman–Crippen MR) is 146 cm³/mol. The molecule has 1 fully saturated rings. The lowest BCUT2D eigenvalue weighted by atomic mass is 10.2. The van der Waals surface area contributed by atoms with Gasteiger partial charge in [-0.1, -0.05) is 43.2 Å². The van der Waals surface area contributed by atoms with Gasteiger partial charge in [0, 0.05) is 31.7 Å². The number of aryl methyl sites for hydroxylation is 1. The van der Waals surface area contributed by atoms with E-state index in [1.165, 1.54) is 0 Å². The van der Waals surface area contributed by atoms with Crippen molar-refractivity contribution in [2.24, 2.45) is 0 Å². The lowest BCUT2D eigenvalue weighted by Crippen LogP contribution is -2.39. The van der Waals surface area contributed by atoms with Crippen molar-refractivity contribution >= 4 is 32.6 Å². The van der Waals surface area contributed by atoms with Gasteiger partial charge in [0.2, 0.25) is 0 Å². The zero-order valence-corrected chi connectivity index (χ0v) is 22.4. The second-order valence-electron chi connectivity index (χ2n) is 9.11. The molecule has 3 aromatic rings. The number of hydrogen-bond acceptors (Lipinski definition) is 7. The van der Waals surface area contributed by atoms with Crippen LogP contribution in [0.5, 0.6) is 11.5 Å². The molecule has 1 saturated heterocycles. The van der Waals surface area contributed by atoms with E-state index in [2.05, 4.69) is 18.7 Å². The molecule has 2 aromatic carbocycles. The van der Waals surface area contributed by atoms with Gasteiger partial charge in [0.05, 0.1) is 31.6 Å². The monoisotopic (exact) mass is 511 g/mol. The molecule has 1 aromatic heterocycles. The van der Waals surface area contributed by atoms with Crippen LogP contribution in [-0.2, 0) is 4.74 Å². The minimum absolute atomic E-state index is 0.0633. The number of carbonyl (C=O) groups is 1. The van der Waals surface area contributed by atoms with Gasteiger partial charge in [0.25, 0.3) is 5.91 Å². The summed E-state index contributed by atoms with van der Waals surface area (Å²) < 4.78 is 18.0. The zero-order valence-electron chi connectivity index (χ0n) is 21.6. The summed E-state index contributed by atoms with van der Waals surface area (Å²) in [6.45, 7) is 9.80. The maximum atomic E-state index is 13.8. The molecule has 1 amide bonds. The average molecular weight is 512 g/mol. The summed E-state index contributed by atoms with van der Waals surface area (Å²) >= 11 is 1.54. The molecule has 1 aliphatic rings. The van der Waals surface area contributed by atoms with E-state index in [0.29, 0.717) is 23.8 Å². The highest BCUT2D eigenvalue weighted by molar-refractivity contribution is 7.22. The van der Waals surface area contributed by atoms with Crippen molar-refractivity contribution in [1.82, 2.24) is 9.88 Å². The van der Waals surface area contributed by atoms with E-state index in [4.69, 9.17) is 19.2 Å². The Labute approximate surface area is 218 Å². The van der Waals surface area contributed by atoms with E-state index in [0.717, 1.165) is 85.8 Å². The Morgan fingerprint density at radius 3 is 2.78 bits per heavy atom. The van der Waals surface area contributed by atoms with Crippen molar-refractivity contribution in [3.05, 3.63) is 47.5 Å². The fourth-order valence-corrected chi connectivity index (χ4v) is 5.43. The Morgan fingerprint density at radius 2 is 2.00 bits per heavy atom. The van der Waals surface area contributed by atoms with Crippen LogP contribution in [0.4, 0.5) is 5.13 Å². The molecule has 36 heavy (non-hydrogen) atoms. The number of aromatic nitrogens is 1. The molecule has 0 atom stereocenters. The maximum Gasteiger partial charge on any atom is 0.260 e. The number of amides is 1. The quantitative estimate of drug-likeness (QED) is 0.297. The molecule has 0 spiro atoms. The number of ether oxygens (including phenoxy) is 3. The Balaban J connectivity index is 1.57. The summed E-state index contributed by atoms with van der Waals surface area (Å²) in [4.78, 5) is 22.9. The molecular weight excluding hydrogens is 474 g/mol. The third-order valence-electron chi connectivity index (χ3n) is 6.45. The third-order valence-corrected chi connectivity index (χ3v) is 7.66. The molecule has 0 unspecified atom stereocenters. The summed E-state index contributed by atoms with van der Waals surface area (Å²) in [5, 5.41) is 0.693. The molecule has 0 aliphatic carbocycles. The molecule has 1 aliphatic heterocycles. The topological polar surface area (TPSA) is 64.1 Å². The second-order valence-corrected chi connectivity index (χ2v) is 10.1. The van der Waals surface area contributed by atoms with Crippen LogP contribution >= 0.6 is 11.3 Å². The highest BCUT2D eigenvalue weighted by atomic mass is 32.1. The highest BCUT2D eigenvalue weighted by Gasteiger charge is 2.24. The van der Waals surface area contributed by atoms with Crippen LogP contribution in [0.15, 0.2) is 36.4 Å². The van der Waals surface area contributed by atoms with E-state index < -0.39 is 0 Å². The molecule has 8 heteroatoms. The first-order chi connectivity index (χ1) is 17.6. The largest absolute Gasteiger partial charge is 0.494 e. The Bertz CT molecular complexity index is 1140.